The monoisotopic (exact) mass is 346 g/mol. The summed E-state index contributed by atoms with van der Waals surface area (Å²) in [5.41, 5.74) is 0.736. The number of methoxy groups -OCH3 is 1. The van der Waals surface area contributed by atoms with Crippen LogP contribution >= 0.6 is 0 Å². The molecule has 0 aromatic heterocycles. The molecule has 2 nitrogen and oxygen atoms in total. The molecule has 130 valence electrons. The van der Waals surface area contributed by atoms with E-state index < -0.39 is 11.9 Å². The molecule has 0 saturated carbocycles. The van der Waals surface area contributed by atoms with Gasteiger partial charge in [0.15, 0.2) is 11.6 Å². The molecule has 0 N–H and O–H groups in total. The fourth-order valence-electron chi connectivity index (χ4n) is 2.59. The van der Waals surface area contributed by atoms with Crippen molar-refractivity contribution in [1.82, 2.24) is 0 Å². The van der Waals surface area contributed by atoms with Crippen LogP contribution in [0.3, 0.4) is 0 Å². The lowest BCUT2D eigenvalue weighted by Gasteiger charge is -2.19. The minimum atomic E-state index is -3.48. The highest BCUT2D eigenvalue weighted by Crippen LogP contribution is 2.34. The Labute approximate surface area is 143 Å². The maximum atomic E-state index is 14.4. The largest absolute Gasteiger partial charge is 0.494 e. The van der Waals surface area contributed by atoms with Gasteiger partial charge in [-0.3, -0.25) is 0 Å². The van der Waals surface area contributed by atoms with Crippen LogP contribution in [-0.4, -0.2) is 7.11 Å². The lowest BCUT2D eigenvalue weighted by Crippen LogP contribution is -2.21. The Balaban J connectivity index is 1.90. The Bertz CT molecular complexity index is 889. The van der Waals surface area contributed by atoms with Gasteiger partial charge in [0.1, 0.15) is 5.75 Å². The van der Waals surface area contributed by atoms with Crippen molar-refractivity contribution < 1.29 is 22.6 Å². The molecule has 0 spiro atoms. The molecule has 0 aliphatic heterocycles. The average molecular weight is 346 g/mol. The number of aryl methyl sites for hydroxylation is 1. The molecule has 0 saturated heterocycles. The topological polar surface area (TPSA) is 18.5 Å². The van der Waals surface area contributed by atoms with E-state index in [1.165, 1.54) is 43.5 Å². The second-order valence-electron chi connectivity index (χ2n) is 5.67. The number of rotatable bonds is 5. The molecule has 0 atom stereocenters. The van der Waals surface area contributed by atoms with Gasteiger partial charge in [0.25, 0.3) is 0 Å². The highest BCUT2D eigenvalue weighted by Gasteiger charge is 2.34. The zero-order valence-electron chi connectivity index (χ0n) is 13.9. The first-order valence-electron chi connectivity index (χ1n) is 7.86. The summed E-state index contributed by atoms with van der Waals surface area (Å²) < 4.78 is 52.3. The van der Waals surface area contributed by atoms with Crippen molar-refractivity contribution >= 4 is 10.8 Å². The van der Waals surface area contributed by atoms with Crippen molar-refractivity contribution in [2.75, 3.05) is 7.11 Å². The lowest BCUT2D eigenvalue weighted by molar-refractivity contribution is -0.185. The Morgan fingerprint density at radius 2 is 1.64 bits per heavy atom. The Kier molecular flexibility index (Phi) is 4.57. The highest BCUT2D eigenvalue weighted by atomic mass is 19.3. The molecule has 3 aromatic rings. The zero-order valence-corrected chi connectivity index (χ0v) is 13.9. The Morgan fingerprint density at radius 1 is 0.920 bits per heavy atom. The van der Waals surface area contributed by atoms with E-state index in [0.29, 0.717) is 10.8 Å². The molecular formula is C20H17F3O2. The van der Waals surface area contributed by atoms with Gasteiger partial charge in [-0.15, -0.1) is 0 Å². The van der Waals surface area contributed by atoms with Gasteiger partial charge in [-0.05, 0) is 59.2 Å². The molecule has 25 heavy (non-hydrogen) atoms. The molecule has 3 aromatic carbocycles. The van der Waals surface area contributed by atoms with Crippen LogP contribution in [0.25, 0.3) is 10.8 Å². The van der Waals surface area contributed by atoms with Gasteiger partial charge in [-0.1, -0.05) is 25.1 Å². The van der Waals surface area contributed by atoms with Crippen molar-refractivity contribution in [1.29, 1.82) is 0 Å². The molecular weight excluding hydrogens is 329 g/mol. The predicted molar refractivity (Wildman–Crippen MR) is 90.8 cm³/mol. The summed E-state index contributed by atoms with van der Waals surface area (Å²) in [5.74, 6) is -0.502. The van der Waals surface area contributed by atoms with Crippen LogP contribution in [-0.2, 0) is 12.5 Å². The van der Waals surface area contributed by atoms with Gasteiger partial charge >= 0.3 is 6.11 Å². The van der Waals surface area contributed by atoms with Gasteiger partial charge in [-0.2, -0.15) is 8.78 Å². The quantitative estimate of drug-likeness (QED) is 0.592. The summed E-state index contributed by atoms with van der Waals surface area (Å²) in [7, 11) is 1.37. The van der Waals surface area contributed by atoms with E-state index in [1.807, 2.05) is 6.92 Å². The van der Waals surface area contributed by atoms with Crippen LogP contribution in [0.4, 0.5) is 13.2 Å². The fraction of sp³-hybridized carbons (Fsp3) is 0.200. The van der Waals surface area contributed by atoms with Gasteiger partial charge in [-0.25, -0.2) is 4.39 Å². The number of fused-ring (bicyclic) bond motifs is 1. The highest BCUT2D eigenvalue weighted by molar-refractivity contribution is 5.85. The van der Waals surface area contributed by atoms with Crippen molar-refractivity contribution in [3.05, 3.63) is 71.5 Å². The number of hydrogen-bond acceptors (Lipinski definition) is 2. The number of benzene rings is 3. The maximum absolute atomic E-state index is 14.4. The minimum absolute atomic E-state index is 0.0402. The van der Waals surface area contributed by atoms with Crippen molar-refractivity contribution in [3.63, 3.8) is 0 Å². The van der Waals surface area contributed by atoms with Crippen molar-refractivity contribution in [2.24, 2.45) is 0 Å². The number of hydrogen-bond donors (Lipinski definition) is 0. The van der Waals surface area contributed by atoms with Crippen molar-refractivity contribution in [3.8, 4) is 11.5 Å². The van der Waals surface area contributed by atoms with Crippen LogP contribution in [0.2, 0.25) is 0 Å². The Morgan fingerprint density at radius 3 is 2.28 bits per heavy atom. The molecule has 0 bridgehead atoms. The van der Waals surface area contributed by atoms with E-state index in [2.05, 4.69) is 0 Å². The van der Waals surface area contributed by atoms with E-state index >= 15 is 0 Å². The minimum Gasteiger partial charge on any atom is -0.494 e. The van der Waals surface area contributed by atoms with Crippen LogP contribution in [0.1, 0.15) is 18.1 Å². The molecule has 5 heteroatoms. The van der Waals surface area contributed by atoms with Crippen LogP contribution in [0.5, 0.6) is 11.5 Å². The SMILES string of the molecule is CCc1ccc(C(F)(F)Oc2ccc3cc(OC)c(F)cc3c2)cc1. The summed E-state index contributed by atoms with van der Waals surface area (Å²) in [6, 6.07) is 13.1. The second-order valence-corrected chi connectivity index (χ2v) is 5.67. The van der Waals surface area contributed by atoms with E-state index in [1.54, 1.807) is 18.2 Å². The maximum Gasteiger partial charge on any atom is 0.426 e. The first kappa shape index (κ1) is 17.1. The van der Waals surface area contributed by atoms with Crippen LogP contribution < -0.4 is 9.47 Å². The van der Waals surface area contributed by atoms with E-state index in [9.17, 15) is 13.2 Å². The second kappa shape index (κ2) is 6.67. The van der Waals surface area contributed by atoms with Crippen molar-refractivity contribution in [2.45, 2.75) is 19.5 Å². The number of halogens is 3. The van der Waals surface area contributed by atoms with E-state index in [4.69, 9.17) is 9.47 Å². The first-order chi connectivity index (χ1) is 11.9. The van der Waals surface area contributed by atoms with E-state index in [-0.39, 0.29) is 17.1 Å². The molecule has 3 rings (SSSR count). The van der Waals surface area contributed by atoms with Crippen LogP contribution in [0, 0.1) is 5.82 Å². The van der Waals surface area contributed by atoms with Gasteiger partial charge < -0.3 is 9.47 Å². The fourth-order valence-corrected chi connectivity index (χ4v) is 2.59. The van der Waals surface area contributed by atoms with Gasteiger partial charge in [0.2, 0.25) is 0 Å². The molecule has 0 aliphatic carbocycles. The smallest absolute Gasteiger partial charge is 0.426 e. The molecule has 0 radical (unpaired) electrons. The summed E-state index contributed by atoms with van der Waals surface area (Å²) in [5, 5.41) is 1.12. The first-order valence-corrected chi connectivity index (χ1v) is 7.86. The third-order valence-electron chi connectivity index (χ3n) is 4.03. The standard InChI is InChI=1S/C20H17F3O2/c1-3-13-4-7-16(8-5-13)20(22,23)25-17-9-6-14-12-19(24-2)18(21)11-15(14)10-17/h4-12H,3H2,1-2H3. The predicted octanol–water partition coefficient (Wildman–Crippen LogP) is 5.68. The molecule has 0 heterocycles. The molecule has 0 amide bonds. The summed E-state index contributed by atoms with van der Waals surface area (Å²) in [6.45, 7) is 1.95. The molecule has 0 aliphatic rings. The normalized spacial score (nSPS) is 11.6. The van der Waals surface area contributed by atoms with Gasteiger partial charge in [0, 0.05) is 0 Å². The number of ether oxygens (including phenoxy) is 2. The average Bonchev–Trinajstić information content (AvgIpc) is 2.60. The lowest BCUT2D eigenvalue weighted by atomic mass is 10.1. The zero-order chi connectivity index (χ0) is 18.0. The van der Waals surface area contributed by atoms with Crippen LogP contribution in [0.15, 0.2) is 54.6 Å². The summed E-state index contributed by atoms with van der Waals surface area (Å²) in [6.07, 6.45) is -2.71. The summed E-state index contributed by atoms with van der Waals surface area (Å²) in [4.78, 5) is 0. The third-order valence-corrected chi connectivity index (χ3v) is 4.03. The molecule has 0 unspecified atom stereocenters. The van der Waals surface area contributed by atoms with Gasteiger partial charge in [0.05, 0.1) is 12.7 Å². The number of alkyl halides is 2. The molecule has 0 fully saturated rings. The van der Waals surface area contributed by atoms with E-state index in [0.717, 1.165) is 12.0 Å². The summed E-state index contributed by atoms with van der Waals surface area (Å²) >= 11 is 0. The Hall–Kier alpha value is -2.69. The third kappa shape index (κ3) is 3.55.